The van der Waals surface area contributed by atoms with Crippen LogP contribution < -0.4 is 0 Å². The zero-order valence-electron chi connectivity index (χ0n) is 8.86. The third-order valence-corrected chi connectivity index (χ3v) is 6.58. The van der Waals surface area contributed by atoms with Gasteiger partial charge in [0.1, 0.15) is 4.58 Å². The Balaban J connectivity index is 2.83. The Morgan fingerprint density at radius 1 is 1.21 bits per heavy atom. The van der Waals surface area contributed by atoms with Crippen LogP contribution in [0.25, 0.3) is 0 Å². The first-order valence-corrected chi connectivity index (χ1v) is 7.53. The molecule has 0 aromatic carbocycles. The summed E-state index contributed by atoms with van der Waals surface area (Å²) in [6.07, 6.45) is -0.00322. The van der Waals surface area contributed by atoms with Crippen LogP contribution >= 0.6 is 0 Å². The molecular formula is C9H18O3S2. The largest absolute Gasteiger partial charge is 0.390 e. The Hall–Kier alpha value is 0.260. The number of hydrogen-bond acceptors (Lipinski definition) is 3. The minimum Gasteiger partial charge on any atom is -0.390 e. The maximum atomic E-state index is 11.7. The van der Waals surface area contributed by atoms with Gasteiger partial charge < -0.3 is 5.11 Å². The Kier molecular flexibility index (Phi) is 3.88. The summed E-state index contributed by atoms with van der Waals surface area (Å²) in [5.41, 5.74) is -0.354. The van der Waals surface area contributed by atoms with E-state index in [2.05, 4.69) is 0 Å². The smallest absolute Gasteiger partial charge is 0.136 e. The van der Waals surface area contributed by atoms with Crippen LogP contribution in [0.3, 0.4) is 0 Å². The van der Waals surface area contributed by atoms with E-state index in [4.69, 9.17) is 0 Å². The number of rotatable bonds is 1. The van der Waals surface area contributed by atoms with Crippen LogP contribution in [0.1, 0.15) is 27.2 Å². The maximum Gasteiger partial charge on any atom is 0.136 e. The summed E-state index contributed by atoms with van der Waals surface area (Å²) >= 11 is 0. The molecule has 1 N–H and O–H groups in total. The molecule has 1 fully saturated rings. The van der Waals surface area contributed by atoms with Crippen molar-refractivity contribution in [1.82, 2.24) is 0 Å². The van der Waals surface area contributed by atoms with Crippen molar-refractivity contribution in [2.45, 2.75) is 37.9 Å². The van der Waals surface area contributed by atoms with Crippen LogP contribution in [0.5, 0.6) is 0 Å². The quantitative estimate of drug-likeness (QED) is 0.728. The lowest BCUT2D eigenvalue weighted by molar-refractivity contribution is 0.0757. The molecule has 0 aliphatic carbocycles. The summed E-state index contributed by atoms with van der Waals surface area (Å²) in [7, 11) is -2.27. The van der Waals surface area contributed by atoms with Gasteiger partial charge in [-0.15, -0.1) is 0 Å². The lowest BCUT2D eigenvalue weighted by Crippen LogP contribution is -2.46. The fourth-order valence-electron chi connectivity index (χ4n) is 1.39. The van der Waals surface area contributed by atoms with E-state index in [0.717, 1.165) is 6.42 Å². The van der Waals surface area contributed by atoms with Crippen LogP contribution in [-0.4, -0.2) is 35.7 Å². The van der Waals surface area contributed by atoms with Gasteiger partial charge in [-0.1, -0.05) is 20.8 Å². The molecule has 1 heterocycles. The second kappa shape index (κ2) is 4.41. The molecule has 0 aromatic heterocycles. The third kappa shape index (κ3) is 2.64. The summed E-state index contributed by atoms with van der Waals surface area (Å²) in [5, 5.41) is 9.97. The van der Waals surface area contributed by atoms with E-state index < -0.39 is 32.3 Å². The molecule has 0 aromatic rings. The van der Waals surface area contributed by atoms with Gasteiger partial charge in [-0.2, -0.15) is 0 Å². The number of aliphatic hydroxyl groups excluding tert-OH is 1. The van der Waals surface area contributed by atoms with Crippen molar-refractivity contribution in [3.05, 3.63) is 0 Å². The SMILES string of the molecule is CC(C)(C)[C@H](O)C1S(=O)CCCS1=O. The summed E-state index contributed by atoms with van der Waals surface area (Å²) in [4.78, 5) is 0. The molecule has 0 saturated carbocycles. The standard InChI is InChI=1S/C9H18O3S2/c1-9(2,3)7(10)8-13(11)5-4-6-14(8)12/h7-8,10H,4-6H2,1-3H3/t7-,8?,13?,14?/m1/s1. The average Bonchev–Trinajstić information content (AvgIpc) is 2.01. The molecule has 1 aliphatic heterocycles. The van der Waals surface area contributed by atoms with Crippen LogP contribution in [-0.2, 0) is 21.6 Å². The van der Waals surface area contributed by atoms with Crippen LogP contribution in [0.15, 0.2) is 0 Å². The van der Waals surface area contributed by atoms with Gasteiger partial charge in [0, 0.05) is 33.1 Å². The Morgan fingerprint density at radius 2 is 1.64 bits per heavy atom. The summed E-state index contributed by atoms with van der Waals surface area (Å²) < 4.78 is 22.7. The van der Waals surface area contributed by atoms with Crippen molar-refractivity contribution in [3.8, 4) is 0 Å². The minimum absolute atomic E-state index is 0.354. The predicted molar refractivity (Wildman–Crippen MR) is 59.9 cm³/mol. The van der Waals surface area contributed by atoms with E-state index in [0.29, 0.717) is 11.5 Å². The van der Waals surface area contributed by atoms with Gasteiger partial charge in [0.15, 0.2) is 0 Å². The van der Waals surface area contributed by atoms with Gasteiger partial charge in [-0.25, -0.2) is 0 Å². The first kappa shape index (κ1) is 12.3. The Labute approximate surface area is 90.2 Å². The third-order valence-electron chi connectivity index (χ3n) is 2.35. The fourth-order valence-corrected chi connectivity index (χ4v) is 5.82. The topological polar surface area (TPSA) is 54.4 Å². The highest BCUT2D eigenvalue weighted by atomic mass is 32.2. The monoisotopic (exact) mass is 238 g/mol. The maximum absolute atomic E-state index is 11.7. The van der Waals surface area contributed by atoms with Gasteiger partial charge in [-0.05, 0) is 11.8 Å². The zero-order chi connectivity index (χ0) is 10.9. The van der Waals surface area contributed by atoms with Gasteiger partial charge in [0.2, 0.25) is 0 Å². The van der Waals surface area contributed by atoms with Crippen molar-refractivity contribution in [2.75, 3.05) is 11.5 Å². The molecule has 0 spiro atoms. The molecule has 5 heteroatoms. The van der Waals surface area contributed by atoms with E-state index >= 15 is 0 Å². The molecule has 0 bridgehead atoms. The van der Waals surface area contributed by atoms with Gasteiger partial charge in [0.25, 0.3) is 0 Å². The Morgan fingerprint density at radius 3 is 2.00 bits per heavy atom. The van der Waals surface area contributed by atoms with E-state index in [-0.39, 0.29) is 5.41 Å². The molecule has 84 valence electrons. The molecule has 1 saturated heterocycles. The van der Waals surface area contributed by atoms with Crippen molar-refractivity contribution in [2.24, 2.45) is 5.41 Å². The molecule has 1 rings (SSSR count). The summed E-state index contributed by atoms with van der Waals surface area (Å²) in [6, 6.07) is 0. The first-order chi connectivity index (χ1) is 6.34. The number of hydrogen-bond donors (Lipinski definition) is 1. The second-order valence-corrected chi connectivity index (χ2v) is 8.36. The highest BCUT2D eigenvalue weighted by Gasteiger charge is 2.39. The predicted octanol–water partition coefficient (Wildman–Crippen LogP) is 0.621. The molecule has 2 unspecified atom stereocenters. The molecule has 0 amide bonds. The highest BCUT2D eigenvalue weighted by molar-refractivity contribution is 8.03. The lowest BCUT2D eigenvalue weighted by atomic mass is 9.90. The van der Waals surface area contributed by atoms with E-state index in [1.807, 2.05) is 20.8 Å². The van der Waals surface area contributed by atoms with E-state index in [1.165, 1.54) is 0 Å². The molecule has 0 radical (unpaired) electrons. The van der Waals surface area contributed by atoms with Gasteiger partial charge >= 0.3 is 0 Å². The fraction of sp³-hybridized carbons (Fsp3) is 1.00. The molecule has 3 nitrogen and oxygen atoms in total. The average molecular weight is 238 g/mol. The first-order valence-electron chi connectivity index (χ1n) is 4.76. The Bertz CT molecular complexity index is 241. The van der Waals surface area contributed by atoms with Crippen molar-refractivity contribution >= 4 is 21.6 Å². The minimum atomic E-state index is -1.13. The van der Waals surface area contributed by atoms with Crippen molar-refractivity contribution in [1.29, 1.82) is 0 Å². The number of aliphatic hydroxyl groups is 1. The zero-order valence-corrected chi connectivity index (χ0v) is 10.5. The van der Waals surface area contributed by atoms with E-state index in [9.17, 15) is 13.5 Å². The lowest BCUT2D eigenvalue weighted by Gasteiger charge is -2.33. The molecule has 3 atom stereocenters. The van der Waals surface area contributed by atoms with Crippen molar-refractivity contribution < 1.29 is 13.5 Å². The van der Waals surface area contributed by atoms with Crippen LogP contribution in [0, 0.1) is 5.41 Å². The second-order valence-electron chi connectivity index (χ2n) is 4.70. The van der Waals surface area contributed by atoms with Crippen molar-refractivity contribution in [3.63, 3.8) is 0 Å². The van der Waals surface area contributed by atoms with Crippen LogP contribution in [0.4, 0.5) is 0 Å². The highest BCUT2D eigenvalue weighted by Crippen LogP contribution is 2.28. The normalized spacial score (nSPS) is 36.7. The van der Waals surface area contributed by atoms with Gasteiger partial charge in [-0.3, -0.25) is 8.42 Å². The molecule has 14 heavy (non-hydrogen) atoms. The molecular weight excluding hydrogens is 220 g/mol. The summed E-state index contributed by atoms with van der Waals surface area (Å²) in [5.74, 6) is 1.15. The van der Waals surface area contributed by atoms with Crippen LogP contribution in [0.2, 0.25) is 0 Å². The van der Waals surface area contributed by atoms with E-state index in [1.54, 1.807) is 0 Å². The van der Waals surface area contributed by atoms with Gasteiger partial charge in [0.05, 0.1) is 6.10 Å². The summed E-state index contributed by atoms with van der Waals surface area (Å²) in [6.45, 7) is 5.63. The molecule has 1 aliphatic rings.